The fraction of sp³-hybridized carbons (Fsp3) is 0.0625. The number of nitrogens with zero attached hydrogens (tertiary/aromatic N) is 2. The van der Waals surface area contributed by atoms with E-state index in [-0.39, 0.29) is 12.3 Å². The van der Waals surface area contributed by atoms with Gasteiger partial charge in [0.2, 0.25) is 5.89 Å². The summed E-state index contributed by atoms with van der Waals surface area (Å²) in [7, 11) is 0. The van der Waals surface area contributed by atoms with Crippen molar-refractivity contribution in [1.82, 2.24) is 4.98 Å². The van der Waals surface area contributed by atoms with Crippen molar-refractivity contribution in [2.75, 3.05) is 0 Å². The number of non-ortho nitro benzene ring substituents is 1. The quantitative estimate of drug-likeness (QED) is 0.528. The zero-order valence-corrected chi connectivity index (χ0v) is 11.5. The van der Waals surface area contributed by atoms with Gasteiger partial charge in [0.05, 0.1) is 17.2 Å². The van der Waals surface area contributed by atoms with Crippen LogP contribution in [0.25, 0.3) is 11.3 Å². The normalized spacial score (nSPS) is 10.4. The average Bonchev–Trinajstić information content (AvgIpc) is 3.03. The fourth-order valence-electron chi connectivity index (χ4n) is 1.94. The lowest BCUT2D eigenvalue weighted by atomic mass is 10.2. The second kappa shape index (κ2) is 6.09. The van der Waals surface area contributed by atoms with Crippen LogP contribution < -0.4 is 4.74 Å². The molecule has 3 rings (SSSR count). The molecule has 0 bridgehead atoms. The van der Waals surface area contributed by atoms with Crippen molar-refractivity contribution in [2.24, 2.45) is 0 Å². The minimum Gasteiger partial charge on any atom is -0.484 e. The Labute approximate surface area is 126 Å². The van der Waals surface area contributed by atoms with Crippen LogP contribution in [0.3, 0.4) is 0 Å². The molecule has 0 aliphatic heterocycles. The van der Waals surface area contributed by atoms with E-state index in [0.29, 0.717) is 17.4 Å². The van der Waals surface area contributed by atoms with Gasteiger partial charge in [-0.25, -0.2) is 4.98 Å². The van der Waals surface area contributed by atoms with Gasteiger partial charge in [-0.3, -0.25) is 10.1 Å². The van der Waals surface area contributed by atoms with Gasteiger partial charge in [0.1, 0.15) is 5.75 Å². The molecule has 110 valence electrons. The number of ether oxygens (including phenoxy) is 1. The molecular formula is C16H12N2O4. The molecule has 0 aliphatic carbocycles. The van der Waals surface area contributed by atoms with Gasteiger partial charge in [0.25, 0.3) is 5.69 Å². The standard InChI is InChI=1S/C16H12N2O4/c19-18(20)13-7-4-8-14(9-13)21-11-16-17-10-15(22-16)12-5-2-1-3-6-12/h1-10H,11H2. The molecule has 22 heavy (non-hydrogen) atoms. The van der Waals surface area contributed by atoms with Gasteiger partial charge in [-0.1, -0.05) is 36.4 Å². The summed E-state index contributed by atoms with van der Waals surface area (Å²) < 4.78 is 11.1. The molecule has 3 aromatic rings. The predicted molar refractivity (Wildman–Crippen MR) is 79.4 cm³/mol. The van der Waals surface area contributed by atoms with Gasteiger partial charge in [0.15, 0.2) is 12.4 Å². The van der Waals surface area contributed by atoms with Gasteiger partial charge in [-0.2, -0.15) is 0 Å². The monoisotopic (exact) mass is 296 g/mol. The lowest BCUT2D eigenvalue weighted by molar-refractivity contribution is -0.384. The average molecular weight is 296 g/mol. The number of oxazole rings is 1. The van der Waals surface area contributed by atoms with Crippen LogP contribution in [0.15, 0.2) is 65.2 Å². The number of benzene rings is 2. The van der Waals surface area contributed by atoms with Gasteiger partial charge in [0, 0.05) is 11.6 Å². The maximum Gasteiger partial charge on any atom is 0.273 e. The summed E-state index contributed by atoms with van der Waals surface area (Å²) in [4.78, 5) is 14.4. The molecule has 0 N–H and O–H groups in total. The number of hydrogen-bond donors (Lipinski definition) is 0. The number of nitro groups is 1. The highest BCUT2D eigenvalue weighted by molar-refractivity contribution is 5.55. The van der Waals surface area contributed by atoms with Crippen LogP contribution in [0.5, 0.6) is 5.75 Å². The highest BCUT2D eigenvalue weighted by atomic mass is 16.6. The Hall–Kier alpha value is -3.15. The Morgan fingerprint density at radius 1 is 1.14 bits per heavy atom. The van der Waals surface area contributed by atoms with Gasteiger partial charge >= 0.3 is 0 Å². The molecule has 0 unspecified atom stereocenters. The molecule has 0 aliphatic rings. The summed E-state index contributed by atoms with van der Waals surface area (Å²) in [6.45, 7) is 0.105. The minimum absolute atomic E-state index is 0.0186. The summed E-state index contributed by atoms with van der Waals surface area (Å²) in [5.74, 6) is 1.46. The molecule has 1 heterocycles. The summed E-state index contributed by atoms with van der Waals surface area (Å²) >= 11 is 0. The molecule has 6 nitrogen and oxygen atoms in total. The van der Waals surface area contributed by atoms with Crippen LogP contribution in [-0.2, 0) is 6.61 Å². The molecular weight excluding hydrogens is 284 g/mol. The number of rotatable bonds is 5. The first kappa shape index (κ1) is 13.8. The maximum atomic E-state index is 10.7. The van der Waals surface area contributed by atoms with Crippen LogP contribution in [0.2, 0.25) is 0 Å². The van der Waals surface area contributed by atoms with Crippen molar-refractivity contribution in [3.8, 4) is 17.1 Å². The highest BCUT2D eigenvalue weighted by Crippen LogP contribution is 2.22. The molecule has 0 amide bonds. The number of hydrogen-bond acceptors (Lipinski definition) is 5. The Morgan fingerprint density at radius 3 is 2.73 bits per heavy atom. The third-order valence-corrected chi connectivity index (χ3v) is 3.00. The van der Waals surface area contributed by atoms with Crippen molar-refractivity contribution in [1.29, 1.82) is 0 Å². The largest absolute Gasteiger partial charge is 0.484 e. The van der Waals surface area contributed by atoms with Crippen LogP contribution in [0.4, 0.5) is 5.69 Å². The van der Waals surface area contributed by atoms with Crippen molar-refractivity contribution >= 4 is 5.69 Å². The van der Waals surface area contributed by atoms with Gasteiger partial charge in [-0.15, -0.1) is 0 Å². The molecule has 0 radical (unpaired) electrons. The Bertz CT molecular complexity index is 784. The van der Waals surface area contributed by atoms with E-state index in [9.17, 15) is 10.1 Å². The Morgan fingerprint density at radius 2 is 1.95 bits per heavy atom. The number of nitro benzene ring substituents is 1. The van der Waals surface area contributed by atoms with E-state index in [1.54, 1.807) is 18.3 Å². The molecule has 0 atom stereocenters. The second-order valence-corrected chi connectivity index (χ2v) is 4.53. The lowest BCUT2D eigenvalue weighted by Gasteiger charge is -2.03. The SMILES string of the molecule is O=[N+]([O-])c1cccc(OCc2ncc(-c3ccccc3)o2)c1. The lowest BCUT2D eigenvalue weighted by Crippen LogP contribution is -1.96. The van der Waals surface area contributed by atoms with Crippen molar-refractivity contribution in [3.63, 3.8) is 0 Å². The van der Waals surface area contributed by atoms with Crippen LogP contribution in [0.1, 0.15) is 5.89 Å². The highest BCUT2D eigenvalue weighted by Gasteiger charge is 2.09. The Balaban J connectivity index is 1.69. The zero-order valence-electron chi connectivity index (χ0n) is 11.5. The molecule has 0 saturated carbocycles. The summed E-state index contributed by atoms with van der Waals surface area (Å²) in [6, 6.07) is 15.6. The van der Waals surface area contributed by atoms with Crippen molar-refractivity contribution in [2.45, 2.75) is 6.61 Å². The molecule has 1 aromatic heterocycles. The molecule has 0 fully saturated rings. The molecule has 6 heteroatoms. The predicted octanol–water partition coefficient (Wildman–Crippen LogP) is 3.83. The van der Waals surface area contributed by atoms with Gasteiger partial charge < -0.3 is 9.15 Å². The van der Waals surface area contributed by atoms with Crippen LogP contribution in [0, 0.1) is 10.1 Å². The second-order valence-electron chi connectivity index (χ2n) is 4.53. The summed E-state index contributed by atoms with van der Waals surface area (Å²) in [5.41, 5.74) is 0.909. The molecule has 0 spiro atoms. The van der Waals surface area contributed by atoms with E-state index >= 15 is 0 Å². The third-order valence-electron chi connectivity index (χ3n) is 3.00. The van der Waals surface area contributed by atoms with Crippen LogP contribution >= 0.6 is 0 Å². The van der Waals surface area contributed by atoms with Gasteiger partial charge in [-0.05, 0) is 6.07 Å². The minimum atomic E-state index is -0.467. The topological polar surface area (TPSA) is 78.4 Å². The van der Waals surface area contributed by atoms with Crippen molar-refractivity contribution in [3.05, 3.63) is 76.8 Å². The summed E-state index contributed by atoms with van der Waals surface area (Å²) in [6.07, 6.45) is 1.63. The maximum absolute atomic E-state index is 10.7. The first-order valence-electron chi connectivity index (χ1n) is 6.60. The van der Waals surface area contributed by atoms with E-state index in [1.165, 1.54) is 12.1 Å². The first-order valence-corrected chi connectivity index (χ1v) is 6.60. The van der Waals surface area contributed by atoms with E-state index in [0.717, 1.165) is 5.56 Å². The third kappa shape index (κ3) is 3.12. The van der Waals surface area contributed by atoms with E-state index < -0.39 is 4.92 Å². The zero-order chi connectivity index (χ0) is 15.4. The molecule has 2 aromatic carbocycles. The van der Waals surface area contributed by atoms with Crippen LogP contribution in [-0.4, -0.2) is 9.91 Å². The summed E-state index contributed by atoms with van der Waals surface area (Å²) in [5, 5.41) is 10.7. The van der Waals surface area contributed by atoms with E-state index in [2.05, 4.69) is 4.98 Å². The van der Waals surface area contributed by atoms with Crippen molar-refractivity contribution < 1.29 is 14.1 Å². The first-order chi connectivity index (χ1) is 10.7. The molecule has 0 saturated heterocycles. The Kier molecular flexibility index (Phi) is 3.82. The van der Waals surface area contributed by atoms with E-state index in [4.69, 9.17) is 9.15 Å². The van der Waals surface area contributed by atoms with E-state index in [1.807, 2.05) is 30.3 Å². The smallest absolute Gasteiger partial charge is 0.273 e. The fourth-order valence-corrected chi connectivity index (χ4v) is 1.94. The number of aromatic nitrogens is 1.